The molecule has 4 atom stereocenters. The van der Waals surface area contributed by atoms with Crippen molar-refractivity contribution in [2.75, 3.05) is 26.6 Å². The van der Waals surface area contributed by atoms with Crippen LogP contribution in [0.5, 0.6) is 17.2 Å². The Hall–Kier alpha value is -4.42. The molecule has 0 bridgehead atoms. The van der Waals surface area contributed by atoms with Crippen LogP contribution < -0.4 is 25.2 Å². The number of carbonyl (C=O) groups is 1. The first-order valence-corrected chi connectivity index (χ1v) is 13.9. The normalized spacial score (nSPS) is 21.1. The molecule has 1 aliphatic heterocycles. The number of hydrogen-bond acceptors (Lipinski definition) is 10. The van der Waals surface area contributed by atoms with Crippen molar-refractivity contribution in [1.29, 1.82) is 0 Å². The minimum atomic E-state index is -1.39. The number of methoxy groups -OCH3 is 3. The molecule has 11 nitrogen and oxygen atoms in total. The number of nitrogens with one attached hydrogen (secondary N) is 1. The average Bonchev–Trinajstić information content (AvgIpc) is 3.01. The maximum absolute atomic E-state index is 13.3. The van der Waals surface area contributed by atoms with Crippen LogP contribution in [0.2, 0.25) is 0 Å². The third kappa shape index (κ3) is 5.87. The molecule has 3 N–H and O–H groups in total. The Kier molecular flexibility index (Phi) is 8.66. The Balaban J connectivity index is 1.40. The van der Waals surface area contributed by atoms with Gasteiger partial charge in [0, 0.05) is 29.2 Å². The number of anilines is 1. The number of aryl methyl sites for hydroxylation is 1. The summed E-state index contributed by atoms with van der Waals surface area (Å²) in [4.78, 5) is 26.3. The summed E-state index contributed by atoms with van der Waals surface area (Å²) in [6, 6.07) is 17.1. The van der Waals surface area contributed by atoms with Crippen LogP contribution in [0.4, 0.5) is 5.69 Å². The molecule has 1 aliphatic rings. The molecule has 11 heteroatoms. The molecule has 3 aromatic carbocycles. The fourth-order valence-corrected chi connectivity index (χ4v) is 5.41. The van der Waals surface area contributed by atoms with E-state index < -0.39 is 41.7 Å². The predicted molar refractivity (Wildman–Crippen MR) is 163 cm³/mol. The van der Waals surface area contributed by atoms with Crippen LogP contribution in [0.25, 0.3) is 22.1 Å². The van der Waals surface area contributed by atoms with Crippen LogP contribution in [0, 0.1) is 6.92 Å². The Morgan fingerprint density at radius 1 is 0.932 bits per heavy atom. The first kappa shape index (κ1) is 31.0. The van der Waals surface area contributed by atoms with E-state index in [2.05, 4.69) is 5.32 Å². The number of ether oxygens (including phenoxy) is 5. The van der Waals surface area contributed by atoms with Gasteiger partial charge in [-0.3, -0.25) is 4.79 Å². The molecular weight excluding hydrogens is 570 g/mol. The van der Waals surface area contributed by atoms with Crippen LogP contribution >= 0.6 is 0 Å². The van der Waals surface area contributed by atoms with Crippen LogP contribution in [-0.4, -0.2) is 67.7 Å². The van der Waals surface area contributed by atoms with Gasteiger partial charge in [0.15, 0.2) is 0 Å². The van der Waals surface area contributed by atoms with Gasteiger partial charge in [-0.25, -0.2) is 4.79 Å². The highest BCUT2D eigenvalue weighted by atomic mass is 16.7. The molecule has 0 unspecified atom stereocenters. The van der Waals surface area contributed by atoms with Crippen molar-refractivity contribution < 1.29 is 43.1 Å². The number of aliphatic hydroxyl groups is 2. The molecule has 5 rings (SSSR count). The number of fused-ring (bicyclic) bond motifs is 1. The van der Waals surface area contributed by atoms with Crippen molar-refractivity contribution in [2.45, 2.75) is 51.0 Å². The van der Waals surface area contributed by atoms with Gasteiger partial charge in [-0.2, -0.15) is 0 Å². The lowest BCUT2D eigenvalue weighted by molar-refractivity contribution is -0.306. The van der Waals surface area contributed by atoms with Gasteiger partial charge >= 0.3 is 5.63 Å². The molecule has 0 spiro atoms. The zero-order valence-electron chi connectivity index (χ0n) is 25.2. The van der Waals surface area contributed by atoms with E-state index in [0.29, 0.717) is 33.6 Å². The third-order valence-corrected chi connectivity index (χ3v) is 7.73. The van der Waals surface area contributed by atoms with Gasteiger partial charge in [-0.1, -0.05) is 12.1 Å². The number of rotatable bonds is 8. The van der Waals surface area contributed by atoms with Gasteiger partial charge in [0.25, 0.3) is 5.91 Å². The van der Waals surface area contributed by atoms with Crippen LogP contribution in [0.1, 0.15) is 29.8 Å². The minimum Gasteiger partial charge on any atom is -0.497 e. The molecule has 44 heavy (non-hydrogen) atoms. The summed E-state index contributed by atoms with van der Waals surface area (Å²) in [5.74, 6) is 0.986. The highest BCUT2D eigenvalue weighted by Crippen LogP contribution is 2.36. The molecule has 0 radical (unpaired) electrons. The molecular formula is C33H35NO10. The highest BCUT2D eigenvalue weighted by Gasteiger charge is 2.50. The molecule has 2 heterocycles. The van der Waals surface area contributed by atoms with Crippen molar-refractivity contribution in [1.82, 2.24) is 0 Å². The van der Waals surface area contributed by atoms with E-state index in [1.165, 1.54) is 13.2 Å². The van der Waals surface area contributed by atoms with Gasteiger partial charge in [-0.05, 0) is 74.9 Å². The van der Waals surface area contributed by atoms with Gasteiger partial charge in [-0.15, -0.1) is 0 Å². The molecule has 1 aromatic heterocycles. The van der Waals surface area contributed by atoms with E-state index in [9.17, 15) is 19.8 Å². The second kappa shape index (κ2) is 12.3. The first-order chi connectivity index (χ1) is 21.0. The average molecular weight is 606 g/mol. The molecule has 1 fully saturated rings. The molecule has 1 amide bonds. The predicted octanol–water partition coefficient (Wildman–Crippen LogP) is 4.29. The highest BCUT2D eigenvalue weighted by molar-refractivity contribution is 6.05. The number of hydrogen-bond donors (Lipinski definition) is 3. The Morgan fingerprint density at radius 3 is 2.39 bits per heavy atom. The Bertz CT molecular complexity index is 1750. The SMILES string of the molecule is COc1cccc(-c2cc(C(=O)Nc3cc4ccc(O[C@@H]5OC(C)(C)[C@H](OC)[C@@H](O)[C@H]5O)c(C)c4oc3=O)ccc2OC)c1. The summed E-state index contributed by atoms with van der Waals surface area (Å²) in [5, 5.41) is 24.4. The zero-order chi connectivity index (χ0) is 31.8. The molecule has 0 aliphatic carbocycles. The lowest BCUT2D eigenvalue weighted by Crippen LogP contribution is -2.63. The van der Waals surface area contributed by atoms with Gasteiger partial charge in [0.1, 0.15) is 46.8 Å². The minimum absolute atomic E-state index is 0.0455. The standard InChI is InChI=1S/C33H35NO10/c1-17-24(42-32-27(36)26(35)29(41-6)33(2,3)44-32)12-10-19-16-23(31(38)43-28(17)19)34-30(37)20-11-13-25(40-5)22(15-20)18-8-7-9-21(14-18)39-4/h7-16,26-27,29,32,35-36H,1-6H3,(H,34,37)/t26-,27+,29+,32+/m0/s1. The van der Waals surface area contributed by atoms with E-state index in [-0.39, 0.29) is 17.0 Å². The van der Waals surface area contributed by atoms with Crippen LogP contribution in [0.15, 0.2) is 69.9 Å². The first-order valence-electron chi connectivity index (χ1n) is 13.9. The Labute approximate surface area is 253 Å². The van der Waals surface area contributed by atoms with E-state index >= 15 is 0 Å². The second-order valence-corrected chi connectivity index (χ2v) is 11.0. The number of amides is 1. The molecule has 4 aromatic rings. The monoisotopic (exact) mass is 605 g/mol. The smallest absolute Gasteiger partial charge is 0.360 e. The quantitative estimate of drug-likeness (QED) is 0.249. The van der Waals surface area contributed by atoms with Gasteiger partial charge in [0.2, 0.25) is 6.29 Å². The van der Waals surface area contributed by atoms with E-state index in [0.717, 1.165) is 5.56 Å². The van der Waals surface area contributed by atoms with Crippen molar-refractivity contribution in [3.63, 3.8) is 0 Å². The lowest BCUT2D eigenvalue weighted by atomic mass is 9.89. The van der Waals surface area contributed by atoms with Gasteiger partial charge < -0.3 is 43.6 Å². The van der Waals surface area contributed by atoms with E-state index in [1.807, 2.05) is 24.3 Å². The summed E-state index contributed by atoms with van der Waals surface area (Å²) in [5.41, 5.74) is 0.696. The van der Waals surface area contributed by atoms with Crippen molar-refractivity contribution in [3.8, 4) is 28.4 Å². The van der Waals surface area contributed by atoms with Crippen molar-refractivity contribution in [3.05, 3.63) is 82.2 Å². The summed E-state index contributed by atoms with van der Waals surface area (Å²) in [6.45, 7) is 5.13. The summed E-state index contributed by atoms with van der Waals surface area (Å²) >= 11 is 0. The fraction of sp³-hybridized carbons (Fsp3) is 0.333. The molecule has 0 saturated carbocycles. The topological polar surface area (TPSA) is 146 Å². The van der Waals surface area contributed by atoms with E-state index in [1.54, 1.807) is 65.3 Å². The second-order valence-electron chi connectivity index (χ2n) is 11.0. The summed E-state index contributed by atoms with van der Waals surface area (Å²) in [7, 11) is 4.54. The van der Waals surface area contributed by atoms with E-state index in [4.69, 9.17) is 28.1 Å². The zero-order valence-corrected chi connectivity index (χ0v) is 25.2. The molecule has 1 saturated heterocycles. The fourth-order valence-electron chi connectivity index (χ4n) is 5.41. The summed E-state index contributed by atoms with van der Waals surface area (Å²) < 4.78 is 33.6. The van der Waals surface area contributed by atoms with Gasteiger partial charge in [0.05, 0.1) is 19.8 Å². The van der Waals surface area contributed by atoms with Crippen LogP contribution in [-0.2, 0) is 9.47 Å². The largest absolute Gasteiger partial charge is 0.497 e. The summed E-state index contributed by atoms with van der Waals surface area (Å²) in [6.07, 6.45) is -4.63. The lowest BCUT2D eigenvalue weighted by Gasteiger charge is -2.46. The van der Waals surface area contributed by atoms with Crippen molar-refractivity contribution >= 4 is 22.6 Å². The maximum Gasteiger partial charge on any atom is 0.360 e. The number of carbonyl (C=O) groups excluding carboxylic acids is 1. The number of aliphatic hydroxyl groups excluding tert-OH is 2. The number of benzene rings is 3. The van der Waals surface area contributed by atoms with Crippen LogP contribution in [0.3, 0.4) is 0 Å². The third-order valence-electron chi connectivity index (χ3n) is 7.73. The maximum atomic E-state index is 13.3. The molecule has 232 valence electrons. The Morgan fingerprint density at radius 2 is 1.68 bits per heavy atom. The van der Waals surface area contributed by atoms with Crippen molar-refractivity contribution in [2.24, 2.45) is 0 Å².